The van der Waals surface area contributed by atoms with E-state index < -0.39 is 0 Å². The molecule has 0 saturated carbocycles. The molecule has 0 atom stereocenters. The number of aromatic nitrogens is 1. The topological polar surface area (TPSA) is 61.3 Å². The van der Waals surface area contributed by atoms with Gasteiger partial charge in [0.15, 0.2) is 5.76 Å². The van der Waals surface area contributed by atoms with Crippen molar-refractivity contribution < 1.29 is 9.15 Å². The second-order valence-corrected chi connectivity index (χ2v) is 3.38. The number of hydrogen-bond acceptors (Lipinski definition) is 4. The highest BCUT2D eigenvalue weighted by atomic mass is 16.5. The van der Waals surface area contributed by atoms with E-state index in [9.17, 15) is 0 Å². The lowest BCUT2D eigenvalue weighted by atomic mass is 10.1. The summed E-state index contributed by atoms with van der Waals surface area (Å²) in [5.74, 6) is 1.45. The van der Waals surface area contributed by atoms with Crippen molar-refractivity contribution in [3.8, 4) is 17.1 Å². The molecule has 4 heteroatoms. The van der Waals surface area contributed by atoms with Crippen LogP contribution < -0.4 is 10.5 Å². The third kappa shape index (κ3) is 1.74. The summed E-state index contributed by atoms with van der Waals surface area (Å²) in [6.07, 6.45) is 0.772. The number of oxazole rings is 1. The van der Waals surface area contributed by atoms with Crippen molar-refractivity contribution in [2.45, 2.75) is 13.3 Å². The van der Waals surface area contributed by atoms with Crippen LogP contribution >= 0.6 is 0 Å². The molecular weight excluding hydrogens is 204 g/mol. The number of anilines is 1. The summed E-state index contributed by atoms with van der Waals surface area (Å²) in [7, 11) is 1.63. The van der Waals surface area contributed by atoms with E-state index >= 15 is 0 Å². The van der Waals surface area contributed by atoms with Crippen molar-refractivity contribution in [2.24, 2.45) is 0 Å². The number of methoxy groups -OCH3 is 1. The van der Waals surface area contributed by atoms with Crippen LogP contribution in [-0.2, 0) is 6.42 Å². The van der Waals surface area contributed by atoms with E-state index in [1.807, 2.05) is 31.2 Å². The van der Waals surface area contributed by atoms with Crippen LogP contribution in [0.1, 0.15) is 12.6 Å². The maximum atomic E-state index is 5.57. The first-order chi connectivity index (χ1) is 7.76. The van der Waals surface area contributed by atoms with Crippen molar-refractivity contribution >= 4 is 6.01 Å². The quantitative estimate of drug-likeness (QED) is 0.859. The number of rotatable bonds is 3. The Bertz CT molecular complexity index is 492. The second-order valence-electron chi connectivity index (χ2n) is 3.38. The lowest BCUT2D eigenvalue weighted by Crippen LogP contribution is -1.89. The van der Waals surface area contributed by atoms with E-state index in [0.29, 0.717) is 5.76 Å². The summed E-state index contributed by atoms with van der Waals surface area (Å²) in [5.41, 5.74) is 7.29. The molecule has 0 fully saturated rings. The monoisotopic (exact) mass is 218 g/mol. The van der Waals surface area contributed by atoms with E-state index in [2.05, 4.69) is 4.98 Å². The van der Waals surface area contributed by atoms with E-state index in [-0.39, 0.29) is 6.01 Å². The van der Waals surface area contributed by atoms with Gasteiger partial charge in [0.1, 0.15) is 5.75 Å². The molecule has 0 amide bonds. The van der Waals surface area contributed by atoms with Gasteiger partial charge >= 0.3 is 0 Å². The molecule has 0 aliphatic heterocycles. The fourth-order valence-electron chi connectivity index (χ4n) is 1.65. The zero-order chi connectivity index (χ0) is 11.5. The Morgan fingerprint density at radius 2 is 2.12 bits per heavy atom. The third-order valence-corrected chi connectivity index (χ3v) is 2.40. The lowest BCUT2D eigenvalue weighted by Gasteiger charge is -2.05. The molecule has 16 heavy (non-hydrogen) atoms. The van der Waals surface area contributed by atoms with Crippen LogP contribution in [0.3, 0.4) is 0 Å². The predicted octanol–water partition coefficient (Wildman–Crippen LogP) is 2.49. The molecule has 84 valence electrons. The number of nitrogen functional groups attached to an aromatic ring is 1. The molecule has 0 saturated heterocycles. The van der Waals surface area contributed by atoms with Gasteiger partial charge in [-0.05, 0) is 18.6 Å². The summed E-state index contributed by atoms with van der Waals surface area (Å²) in [5, 5.41) is 0. The van der Waals surface area contributed by atoms with Gasteiger partial charge < -0.3 is 14.9 Å². The average Bonchev–Trinajstić information content (AvgIpc) is 2.70. The molecule has 1 heterocycles. The lowest BCUT2D eigenvalue weighted by molar-refractivity contribution is 0.415. The van der Waals surface area contributed by atoms with Gasteiger partial charge in [0.25, 0.3) is 6.01 Å². The Hall–Kier alpha value is -1.97. The van der Waals surface area contributed by atoms with Crippen molar-refractivity contribution in [2.75, 3.05) is 12.8 Å². The summed E-state index contributed by atoms with van der Waals surface area (Å²) in [6, 6.07) is 7.84. The minimum Gasteiger partial charge on any atom is -0.496 e. The molecule has 1 aromatic carbocycles. The van der Waals surface area contributed by atoms with Gasteiger partial charge in [-0.2, -0.15) is 4.98 Å². The van der Waals surface area contributed by atoms with E-state index in [0.717, 1.165) is 23.4 Å². The number of nitrogens with two attached hydrogens (primary N) is 1. The van der Waals surface area contributed by atoms with Crippen LogP contribution in [0.5, 0.6) is 5.75 Å². The molecule has 2 rings (SSSR count). The highest BCUT2D eigenvalue weighted by molar-refractivity contribution is 5.68. The van der Waals surface area contributed by atoms with Crippen molar-refractivity contribution in [3.05, 3.63) is 30.0 Å². The number of benzene rings is 1. The van der Waals surface area contributed by atoms with Crippen molar-refractivity contribution in [3.63, 3.8) is 0 Å². The summed E-state index contributed by atoms with van der Waals surface area (Å²) in [4.78, 5) is 4.14. The number of ether oxygens (including phenoxy) is 1. The van der Waals surface area contributed by atoms with Crippen molar-refractivity contribution in [1.82, 2.24) is 4.98 Å². The highest BCUT2D eigenvalue weighted by Gasteiger charge is 2.15. The van der Waals surface area contributed by atoms with Gasteiger partial charge in [0, 0.05) is 0 Å². The third-order valence-electron chi connectivity index (χ3n) is 2.40. The van der Waals surface area contributed by atoms with Crippen LogP contribution in [-0.4, -0.2) is 12.1 Å². The SMILES string of the molecule is CCc1nc(N)oc1-c1ccccc1OC. The average molecular weight is 218 g/mol. The Morgan fingerprint density at radius 1 is 1.38 bits per heavy atom. The van der Waals surface area contributed by atoms with Gasteiger partial charge in [0.05, 0.1) is 18.4 Å². The van der Waals surface area contributed by atoms with Gasteiger partial charge in [-0.3, -0.25) is 0 Å². The standard InChI is InChI=1S/C12H14N2O2/c1-3-9-11(16-12(13)14-9)8-6-4-5-7-10(8)15-2/h4-7H,3H2,1-2H3,(H2,13,14). The Kier molecular flexibility index (Phi) is 2.81. The Labute approximate surface area is 94.1 Å². The molecular formula is C12H14N2O2. The summed E-state index contributed by atoms with van der Waals surface area (Å²) in [6.45, 7) is 2.01. The normalized spacial score (nSPS) is 10.4. The molecule has 2 N–H and O–H groups in total. The number of aryl methyl sites for hydroxylation is 1. The van der Waals surface area contributed by atoms with Crippen LogP contribution in [0, 0.1) is 0 Å². The van der Waals surface area contributed by atoms with Crippen LogP contribution in [0.25, 0.3) is 11.3 Å². The zero-order valence-corrected chi connectivity index (χ0v) is 9.36. The van der Waals surface area contributed by atoms with Gasteiger partial charge in [-0.1, -0.05) is 19.1 Å². The van der Waals surface area contributed by atoms with Crippen LogP contribution in [0.2, 0.25) is 0 Å². The van der Waals surface area contributed by atoms with Crippen LogP contribution in [0.15, 0.2) is 28.7 Å². The first-order valence-corrected chi connectivity index (χ1v) is 5.14. The molecule has 0 unspecified atom stereocenters. The Morgan fingerprint density at radius 3 is 2.81 bits per heavy atom. The van der Waals surface area contributed by atoms with E-state index in [1.54, 1.807) is 7.11 Å². The Balaban J connectivity index is 2.57. The van der Waals surface area contributed by atoms with Gasteiger partial charge in [-0.25, -0.2) is 0 Å². The second kappa shape index (κ2) is 4.26. The van der Waals surface area contributed by atoms with E-state index in [1.165, 1.54) is 0 Å². The first-order valence-electron chi connectivity index (χ1n) is 5.14. The fourth-order valence-corrected chi connectivity index (χ4v) is 1.65. The largest absolute Gasteiger partial charge is 0.496 e. The number of para-hydroxylation sites is 1. The minimum absolute atomic E-state index is 0.192. The molecule has 0 radical (unpaired) electrons. The molecule has 0 aliphatic carbocycles. The smallest absolute Gasteiger partial charge is 0.292 e. The molecule has 0 aliphatic rings. The first kappa shape index (κ1) is 10.5. The van der Waals surface area contributed by atoms with E-state index in [4.69, 9.17) is 14.9 Å². The molecule has 4 nitrogen and oxygen atoms in total. The molecule has 0 bridgehead atoms. The van der Waals surface area contributed by atoms with Gasteiger partial charge in [-0.15, -0.1) is 0 Å². The fraction of sp³-hybridized carbons (Fsp3) is 0.250. The maximum Gasteiger partial charge on any atom is 0.292 e. The number of nitrogens with zero attached hydrogens (tertiary/aromatic N) is 1. The highest BCUT2D eigenvalue weighted by Crippen LogP contribution is 2.33. The molecule has 0 spiro atoms. The zero-order valence-electron chi connectivity index (χ0n) is 9.36. The minimum atomic E-state index is 0.192. The molecule has 1 aromatic heterocycles. The summed E-state index contributed by atoms with van der Waals surface area (Å²) >= 11 is 0. The van der Waals surface area contributed by atoms with Crippen molar-refractivity contribution in [1.29, 1.82) is 0 Å². The van der Waals surface area contributed by atoms with Crippen LogP contribution in [0.4, 0.5) is 6.01 Å². The van der Waals surface area contributed by atoms with Gasteiger partial charge in [0.2, 0.25) is 0 Å². The molecule has 2 aromatic rings. The summed E-state index contributed by atoms with van der Waals surface area (Å²) < 4.78 is 10.7. The maximum absolute atomic E-state index is 5.57. The number of hydrogen-bond donors (Lipinski definition) is 1. The predicted molar refractivity (Wildman–Crippen MR) is 62.3 cm³/mol.